The van der Waals surface area contributed by atoms with Crippen LogP contribution < -0.4 is 0 Å². The second-order valence-electron chi connectivity index (χ2n) is 2.14. The van der Waals surface area contributed by atoms with Gasteiger partial charge in [-0.25, -0.2) is 29.7 Å². The Morgan fingerprint density at radius 3 is 1.86 bits per heavy atom. The normalized spacial score (nSPS) is 8.29. The van der Waals surface area contributed by atoms with E-state index in [9.17, 15) is 19.7 Å². The SMILES string of the molecule is O=C=NCCN(CCN=C=O)[N+](=O)[O-]. The molecule has 0 aromatic carbocycles. The summed E-state index contributed by atoms with van der Waals surface area (Å²) in [5, 5.41) is 10.5. The van der Waals surface area contributed by atoms with Crippen molar-refractivity contribution in [3.8, 4) is 0 Å². The summed E-state index contributed by atoms with van der Waals surface area (Å²) in [5.74, 6) is 0. The van der Waals surface area contributed by atoms with E-state index in [1.165, 1.54) is 12.2 Å². The molecule has 0 rings (SSSR count). The van der Waals surface area contributed by atoms with Crippen LogP contribution in [0.1, 0.15) is 0 Å². The van der Waals surface area contributed by atoms with Gasteiger partial charge in [0.2, 0.25) is 12.2 Å². The van der Waals surface area contributed by atoms with Gasteiger partial charge in [-0.05, 0) is 0 Å². The summed E-state index contributed by atoms with van der Waals surface area (Å²) in [5.41, 5.74) is 0. The number of hydrogen-bond acceptors (Lipinski definition) is 6. The Kier molecular flexibility index (Phi) is 6.49. The fourth-order valence-corrected chi connectivity index (χ4v) is 0.697. The molecule has 0 aliphatic carbocycles. The predicted octanol–water partition coefficient (Wildman–Crippen LogP) is -0.848. The maximum atomic E-state index is 10.3. The Hall–Kier alpha value is -2.04. The highest BCUT2D eigenvalue weighted by molar-refractivity contribution is 5.33. The third kappa shape index (κ3) is 5.59. The number of aliphatic imine (C=N–C) groups is 2. The molecule has 8 heteroatoms. The molecule has 0 bridgehead atoms. The summed E-state index contributed by atoms with van der Waals surface area (Å²) >= 11 is 0. The lowest BCUT2D eigenvalue weighted by atomic mass is 10.5. The van der Waals surface area contributed by atoms with Crippen LogP contribution >= 0.6 is 0 Å². The van der Waals surface area contributed by atoms with Crippen LogP contribution in [0, 0.1) is 10.1 Å². The number of isocyanates is 2. The van der Waals surface area contributed by atoms with Crippen LogP contribution in [0.4, 0.5) is 0 Å². The molecular formula is C6H8N4O4. The topological polar surface area (TPSA) is 105 Å². The molecule has 76 valence electrons. The van der Waals surface area contributed by atoms with E-state index >= 15 is 0 Å². The fourth-order valence-electron chi connectivity index (χ4n) is 0.697. The summed E-state index contributed by atoms with van der Waals surface area (Å²) in [6.45, 7) is -0.0438. The molecule has 14 heavy (non-hydrogen) atoms. The summed E-state index contributed by atoms with van der Waals surface area (Å²) in [6.07, 6.45) is 2.54. The summed E-state index contributed by atoms with van der Waals surface area (Å²) < 4.78 is 0. The van der Waals surface area contributed by atoms with Gasteiger partial charge in [0.15, 0.2) is 5.03 Å². The van der Waals surface area contributed by atoms with Gasteiger partial charge in [0.1, 0.15) is 0 Å². The minimum absolute atomic E-state index is 0.00468. The first kappa shape index (κ1) is 12.0. The zero-order valence-corrected chi connectivity index (χ0v) is 7.25. The van der Waals surface area contributed by atoms with Crippen LogP contribution in [0.25, 0.3) is 0 Å². The number of nitrogens with zero attached hydrogens (tertiary/aromatic N) is 4. The molecule has 0 aromatic heterocycles. The van der Waals surface area contributed by atoms with Crippen molar-refractivity contribution in [1.29, 1.82) is 0 Å². The van der Waals surface area contributed by atoms with E-state index in [0.717, 1.165) is 5.01 Å². The Morgan fingerprint density at radius 2 is 1.57 bits per heavy atom. The largest absolute Gasteiger partial charge is 0.235 e. The van der Waals surface area contributed by atoms with E-state index < -0.39 is 5.03 Å². The lowest BCUT2D eigenvalue weighted by Crippen LogP contribution is -2.34. The highest BCUT2D eigenvalue weighted by atomic mass is 16.7. The van der Waals surface area contributed by atoms with E-state index in [1.54, 1.807) is 0 Å². The summed E-state index contributed by atoms with van der Waals surface area (Å²) in [4.78, 5) is 36.0. The smallest absolute Gasteiger partial charge is 0.235 e. The highest BCUT2D eigenvalue weighted by Gasteiger charge is 2.12. The van der Waals surface area contributed by atoms with Crippen LogP contribution in [0.15, 0.2) is 9.98 Å². The molecule has 8 nitrogen and oxygen atoms in total. The van der Waals surface area contributed by atoms with Crippen molar-refractivity contribution in [2.45, 2.75) is 0 Å². The molecule has 0 radical (unpaired) electrons. The van der Waals surface area contributed by atoms with Crippen LogP contribution in [0.2, 0.25) is 0 Å². The zero-order chi connectivity index (χ0) is 10.8. The van der Waals surface area contributed by atoms with Crippen molar-refractivity contribution in [1.82, 2.24) is 5.01 Å². The Morgan fingerprint density at radius 1 is 1.14 bits per heavy atom. The number of hydrogen-bond donors (Lipinski definition) is 0. The highest BCUT2D eigenvalue weighted by Crippen LogP contribution is 1.88. The first-order chi connectivity index (χ1) is 6.72. The minimum atomic E-state index is -0.638. The molecule has 0 heterocycles. The summed E-state index contributed by atoms with van der Waals surface area (Å²) in [6, 6.07) is 0. The van der Waals surface area contributed by atoms with Crippen molar-refractivity contribution in [2.75, 3.05) is 26.2 Å². The molecule has 0 amide bonds. The third-order valence-corrected chi connectivity index (χ3v) is 1.30. The monoisotopic (exact) mass is 200 g/mol. The van der Waals surface area contributed by atoms with Crippen molar-refractivity contribution >= 4 is 12.2 Å². The van der Waals surface area contributed by atoms with Crippen LogP contribution in [-0.2, 0) is 9.59 Å². The zero-order valence-electron chi connectivity index (χ0n) is 7.25. The predicted molar refractivity (Wildman–Crippen MR) is 44.5 cm³/mol. The summed E-state index contributed by atoms with van der Waals surface area (Å²) in [7, 11) is 0. The van der Waals surface area contributed by atoms with Crippen molar-refractivity contribution in [3.63, 3.8) is 0 Å². The van der Waals surface area contributed by atoms with Crippen LogP contribution in [0.3, 0.4) is 0 Å². The van der Waals surface area contributed by atoms with Crippen molar-refractivity contribution in [3.05, 3.63) is 10.1 Å². The van der Waals surface area contributed by atoms with E-state index in [4.69, 9.17) is 0 Å². The quantitative estimate of drug-likeness (QED) is 0.230. The lowest BCUT2D eigenvalue weighted by Gasteiger charge is -2.10. The maximum Gasteiger partial charge on any atom is 0.235 e. The molecule has 0 unspecified atom stereocenters. The number of carbonyl (C=O) groups excluding carboxylic acids is 2. The molecular weight excluding hydrogens is 192 g/mol. The van der Waals surface area contributed by atoms with Gasteiger partial charge in [0.25, 0.3) is 0 Å². The van der Waals surface area contributed by atoms with E-state index in [0.29, 0.717) is 0 Å². The van der Waals surface area contributed by atoms with Gasteiger partial charge >= 0.3 is 0 Å². The van der Waals surface area contributed by atoms with E-state index in [2.05, 4.69) is 9.98 Å². The lowest BCUT2D eigenvalue weighted by molar-refractivity contribution is -0.654. The third-order valence-electron chi connectivity index (χ3n) is 1.30. The molecule has 0 atom stereocenters. The molecule has 0 aromatic rings. The molecule has 0 aliphatic rings. The number of hydrazine groups is 1. The molecule has 0 aliphatic heterocycles. The van der Waals surface area contributed by atoms with E-state index in [1.807, 2.05) is 0 Å². The first-order valence-electron chi connectivity index (χ1n) is 3.69. The number of rotatable bonds is 7. The van der Waals surface area contributed by atoms with Crippen molar-refractivity contribution in [2.24, 2.45) is 9.98 Å². The molecule has 0 saturated heterocycles. The van der Waals surface area contributed by atoms with Gasteiger partial charge < -0.3 is 0 Å². The molecule has 0 spiro atoms. The molecule has 0 fully saturated rings. The second-order valence-corrected chi connectivity index (χ2v) is 2.14. The standard InChI is InChI=1S/C6H8N4O4/c11-5-7-1-3-9(10(13)14)4-2-8-6-12/h1-4H2. The van der Waals surface area contributed by atoms with Gasteiger partial charge in [-0.1, -0.05) is 0 Å². The van der Waals surface area contributed by atoms with Gasteiger partial charge in [0.05, 0.1) is 26.2 Å². The Balaban J connectivity index is 3.95. The van der Waals surface area contributed by atoms with Gasteiger partial charge in [-0.15, -0.1) is 5.01 Å². The number of nitro groups is 1. The van der Waals surface area contributed by atoms with Gasteiger partial charge in [0, 0.05) is 0 Å². The average molecular weight is 200 g/mol. The van der Waals surface area contributed by atoms with Gasteiger partial charge in [-0.2, -0.15) is 0 Å². The maximum absolute atomic E-state index is 10.3. The average Bonchev–Trinajstić information content (AvgIpc) is 2.15. The first-order valence-corrected chi connectivity index (χ1v) is 3.69. The second kappa shape index (κ2) is 7.60. The molecule has 0 saturated carbocycles. The molecule has 0 N–H and O–H groups in total. The van der Waals surface area contributed by atoms with E-state index in [-0.39, 0.29) is 26.2 Å². The Bertz CT molecular complexity index is 258. The fraction of sp³-hybridized carbons (Fsp3) is 0.667. The minimum Gasteiger partial charge on any atom is -0.235 e. The van der Waals surface area contributed by atoms with Gasteiger partial charge in [-0.3, -0.25) is 0 Å². The Labute approximate surface area is 79.1 Å². The van der Waals surface area contributed by atoms with Crippen LogP contribution in [0.5, 0.6) is 0 Å². The van der Waals surface area contributed by atoms with Crippen LogP contribution in [-0.4, -0.2) is 48.4 Å². The van der Waals surface area contributed by atoms with Crippen molar-refractivity contribution < 1.29 is 14.6 Å².